The Morgan fingerprint density at radius 3 is 2.72 bits per heavy atom. The Labute approximate surface area is 110 Å². The molecule has 0 aromatic heterocycles. The zero-order valence-electron chi connectivity index (χ0n) is 11.7. The molecule has 0 aromatic carbocycles. The molecule has 0 saturated carbocycles. The van der Waals surface area contributed by atoms with Crippen LogP contribution in [-0.2, 0) is 0 Å². The Kier molecular flexibility index (Phi) is 4.31. The third kappa shape index (κ3) is 3.06. The van der Waals surface area contributed by atoms with Gasteiger partial charge in [0, 0.05) is 13.1 Å². The first-order valence-corrected chi connectivity index (χ1v) is 7.31. The number of primary amides is 1. The van der Waals surface area contributed by atoms with Crippen LogP contribution in [0.1, 0.15) is 46.0 Å². The lowest BCUT2D eigenvalue weighted by Gasteiger charge is -2.37. The van der Waals surface area contributed by atoms with E-state index in [1.165, 1.54) is 25.7 Å². The topological polar surface area (TPSA) is 46.3 Å². The van der Waals surface area contributed by atoms with Crippen molar-refractivity contribution in [1.82, 2.24) is 4.90 Å². The summed E-state index contributed by atoms with van der Waals surface area (Å²) in [6.45, 7) is 6.29. The quantitative estimate of drug-likeness (QED) is 0.752. The maximum absolute atomic E-state index is 11.3. The Balaban J connectivity index is 1.91. The van der Waals surface area contributed by atoms with Gasteiger partial charge in [0.15, 0.2) is 0 Å². The molecule has 0 bridgehead atoms. The molecule has 2 N–H and O–H groups in total. The monoisotopic (exact) mass is 250 g/mol. The highest BCUT2D eigenvalue weighted by Gasteiger charge is 2.29. The predicted octanol–water partition coefficient (Wildman–Crippen LogP) is 3.16. The van der Waals surface area contributed by atoms with Crippen molar-refractivity contribution in [2.24, 2.45) is 23.5 Å². The third-order valence-electron chi connectivity index (χ3n) is 4.66. The van der Waals surface area contributed by atoms with E-state index in [-0.39, 0.29) is 6.03 Å². The Morgan fingerprint density at radius 1 is 1.39 bits per heavy atom. The second kappa shape index (κ2) is 5.77. The molecule has 0 radical (unpaired) electrons. The summed E-state index contributed by atoms with van der Waals surface area (Å²) in [4.78, 5) is 13.1. The fourth-order valence-electron chi connectivity index (χ4n) is 3.42. The summed E-state index contributed by atoms with van der Waals surface area (Å²) >= 11 is 0. The molecule has 102 valence electrons. The SMILES string of the molecule is CC(C)C1=CCC(C2CCCN(C(N)=O)C2)CC1. The van der Waals surface area contributed by atoms with Crippen LogP contribution >= 0.6 is 0 Å². The van der Waals surface area contributed by atoms with E-state index in [9.17, 15) is 4.79 Å². The van der Waals surface area contributed by atoms with Crippen LogP contribution in [0, 0.1) is 17.8 Å². The van der Waals surface area contributed by atoms with Crippen LogP contribution in [0.2, 0.25) is 0 Å². The van der Waals surface area contributed by atoms with E-state index in [4.69, 9.17) is 5.73 Å². The van der Waals surface area contributed by atoms with Crippen LogP contribution < -0.4 is 5.73 Å². The van der Waals surface area contributed by atoms with Gasteiger partial charge in [-0.3, -0.25) is 0 Å². The average molecular weight is 250 g/mol. The van der Waals surface area contributed by atoms with Crippen LogP contribution in [0.4, 0.5) is 4.79 Å². The lowest BCUT2D eigenvalue weighted by Crippen LogP contribution is -2.44. The smallest absolute Gasteiger partial charge is 0.314 e. The number of nitrogens with two attached hydrogens (primary N) is 1. The van der Waals surface area contributed by atoms with Gasteiger partial charge in [-0.1, -0.05) is 25.5 Å². The van der Waals surface area contributed by atoms with E-state index in [2.05, 4.69) is 19.9 Å². The fourth-order valence-corrected chi connectivity index (χ4v) is 3.42. The number of rotatable bonds is 2. The number of piperidine rings is 1. The van der Waals surface area contributed by atoms with Gasteiger partial charge in [0.25, 0.3) is 0 Å². The molecule has 2 atom stereocenters. The van der Waals surface area contributed by atoms with Gasteiger partial charge in [0.1, 0.15) is 0 Å². The number of nitrogens with zero attached hydrogens (tertiary/aromatic N) is 1. The van der Waals surface area contributed by atoms with Crippen molar-refractivity contribution in [2.75, 3.05) is 13.1 Å². The van der Waals surface area contributed by atoms with Gasteiger partial charge in [-0.2, -0.15) is 0 Å². The molecule has 1 heterocycles. The van der Waals surface area contributed by atoms with Crippen LogP contribution in [0.5, 0.6) is 0 Å². The number of urea groups is 1. The number of carbonyl (C=O) groups excluding carboxylic acids is 1. The Morgan fingerprint density at radius 2 is 2.17 bits per heavy atom. The molecule has 1 aliphatic carbocycles. The summed E-state index contributed by atoms with van der Waals surface area (Å²) in [6, 6.07) is -0.242. The van der Waals surface area contributed by atoms with Crippen molar-refractivity contribution in [1.29, 1.82) is 0 Å². The maximum Gasteiger partial charge on any atom is 0.314 e. The molecule has 2 rings (SSSR count). The van der Waals surface area contributed by atoms with E-state index >= 15 is 0 Å². The second-order valence-corrected chi connectivity index (χ2v) is 6.15. The molecule has 2 unspecified atom stereocenters. The average Bonchev–Trinajstić information content (AvgIpc) is 2.39. The minimum absolute atomic E-state index is 0.242. The first kappa shape index (κ1) is 13.4. The number of likely N-dealkylation sites (tertiary alicyclic amines) is 1. The minimum Gasteiger partial charge on any atom is -0.351 e. The molecule has 1 fully saturated rings. The summed E-state index contributed by atoms with van der Waals surface area (Å²) in [6.07, 6.45) is 8.56. The Bertz CT molecular complexity index is 335. The molecule has 18 heavy (non-hydrogen) atoms. The van der Waals surface area contributed by atoms with Crippen molar-refractivity contribution < 1.29 is 4.79 Å². The summed E-state index contributed by atoms with van der Waals surface area (Å²) < 4.78 is 0. The highest BCUT2D eigenvalue weighted by molar-refractivity contribution is 5.72. The first-order chi connectivity index (χ1) is 8.58. The van der Waals surface area contributed by atoms with E-state index < -0.39 is 0 Å². The van der Waals surface area contributed by atoms with Crippen LogP contribution in [0.25, 0.3) is 0 Å². The molecule has 2 amide bonds. The Hall–Kier alpha value is -0.990. The molecule has 0 spiro atoms. The minimum atomic E-state index is -0.242. The maximum atomic E-state index is 11.3. The third-order valence-corrected chi connectivity index (χ3v) is 4.66. The number of hydrogen-bond donors (Lipinski definition) is 1. The zero-order chi connectivity index (χ0) is 13.1. The summed E-state index contributed by atoms with van der Waals surface area (Å²) in [7, 11) is 0. The molecule has 3 nitrogen and oxygen atoms in total. The molecular weight excluding hydrogens is 224 g/mol. The fraction of sp³-hybridized carbons (Fsp3) is 0.800. The van der Waals surface area contributed by atoms with E-state index in [1.54, 1.807) is 5.57 Å². The summed E-state index contributed by atoms with van der Waals surface area (Å²) in [5.74, 6) is 2.12. The molecular formula is C15H26N2O. The number of carbonyl (C=O) groups is 1. The molecule has 1 aliphatic heterocycles. The van der Waals surface area contributed by atoms with Gasteiger partial charge in [0.05, 0.1) is 0 Å². The van der Waals surface area contributed by atoms with Gasteiger partial charge in [-0.15, -0.1) is 0 Å². The van der Waals surface area contributed by atoms with Crippen LogP contribution in [-0.4, -0.2) is 24.0 Å². The first-order valence-electron chi connectivity index (χ1n) is 7.31. The van der Waals surface area contributed by atoms with Gasteiger partial charge < -0.3 is 10.6 Å². The standard InChI is InChI=1S/C15H26N2O/c1-11(2)12-5-7-13(8-6-12)14-4-3-9-17(10-14)15(16)18/h5,11,13-14H,3-4,6-10H2,1-2H3,(H2,16,18). The van der Waals surface area contributed by atoms with Gasteiger partial charge in [-0.25, -0.2) is 4.79 Å². The zero-order valence-corrected chi connectivity index (χ0v) is 11.7. The van der Waals surface area contributed by atoms with Gasteiger partial charge in [0.2, 0.25) is 0 Å². The molecule has 0 aromatic rings. The summed E-state index contributed by atoms with van der Waals surface area (Å²) in [5.41, 5.74) is 7.02. The number of amides is 2. The van der Waals surface area contributed by atoms with E-state index in [0.717, 1.165) is 25.4 Å². The lowest BCUT2D eigenvalue weighted by molar-refractivity contribution is 0.142. The number of allylic oxidation sites excluding steroid dienone is 2. The van der Waals surface area contributed by atoms with Crippen molar-refractivity contribution in [3.63, 3.8) is 0 Å². The summed E-state index contributed by atoms with van der Waals surface area (Å²) in [5, 5.41) is 0. The molecule has 3 heteroatoms. The predicted molar refractivity (Wildman–Crippen MR) is 74.1 cm³/mol. The molecule has 1 saturated heterocycles. The van der Waals surface area contributed by atoms with E-state index in [0.29, 0.717) is 11.8 Å². The van der Waals surface area contributed by atoms with Crippen LogP contribution in [0.3, 0.4) is 0 Å². The van der Waals surface area contributed by atoms with Crippen molar-refractivity contribution in [3.05, 3.63) is 11.6 Å². The van der Waals surface area contributed by atoms with Crippen LogP contribution in [0.15, 0.2) is 11.6 Å². The van der Waals surface area contributed by atoms with Gasteiger partial charge >= 0.3 is 6.03 Å². The van der Waals surface area contributed by atoms with Crippen molar-refractivity contribution in [2.45, 2.75) is 46.0 Å². The second-order valence-electron chi connectivity index (χ2n) is 6.15. The lowest BCUT2D eigenvalue weighted by atomic mass is 9.75. The van der Waals surface area contributed by atoms with Crippen molar-refractivity contribution >= 4 is 6.03 Å². The van der Waals surface area contributed by atoms with E-state index in [1.807, 2.05) is 4.90 Å². The van der Waals surface area contributed by atoms with Crippen molar-refractivity contribution in [3.8, 4) is 0 Å². The largest absolute Gasteiger partial charge is 0.351 e. The highest BCUT2D eigenvalue weighted by atomic mass is 16.2. The highest BCUT2D eigenvalue weighted by Crippen LogP contribution is 2.36. The van der Waals surface area contributed by atoms with Gasteiger partial charge in [-0.05, 0) is 49.9 Å². The number of hydrogen-bond acceptors (Lipinski definition) is 1. The normalized spacial score (nSPS) is 29.3. The molecule has 2 aliphatic rings.